The molecule has 0 heterocycles. The lowest BCUT2D eigenvalue weighted by atomic mass is 10.1. The van der Waals surface area contributed by atoms with E-state index in [0.717, 1.165) is 6.42 Å². The summed E-state index contributed by atoms with van der Waals surface area (Å²) in [5, 5.41) is 0. The Morgan fingerprint density at radius 3 is 2.45 bits per heavy atom. The highest BCUT2D eigenvalue weighted by atomic mass is 14.0. The minimum absolute atomic E-state index is 1.13. The van der Waals surface area contributed by atoms with Crippen LogP contribution in [-0.4, -0.2) is 0 Å². The second-order valence-corrected chi connectivity index (χ2v) is 3.08. The van der Waals surface area contributed by atoms with Gasteiger partial charge < -0.3 is 0 Å². The number of hydrogen-bond acceptors (Lipinski definition) is 0. The van der Waals surface area contributed by atoms with Crippen LogP contribution in [0.3, 0.4) is 0 Å². The molecule has 0 aliphatic rings. The van der Waals surface area contributed by atoms with Crippen LogP contribution in [0.2, 0.25) is 0 Å². The van der Waals surface area contributed by atoms with Crippen molar-refractivity contribution < 1.29 is 0 Å². The molecule has 0 amide bonds. The van der Waals surface area contributed by atoms with Gasteiger partial charge in [0.25, 0.3) is 0 Å². The van der Waals surface area contributed by atoms with Crippen LogP contribution in [-0.2, 0) is 0 Å². The van der Waals surface area contributed by atoms with Gasteiger partial charge in [-0.15, -0.1) is 0 Å². The second-order valence-electron chi connectivity index (χ2n) is 3.08. The van der Waals surface area contributed by atoms with Crippen LogP contribution in [0.25, 0.3) is 0 Å². The first-order chi connectivity index (χ1) is 5.31. The zero-order chi connectivity index (χ0) is 8.53. The van der Waals surface area contributed by atoms with Gasteiger partial charge in [0, 0.05) is 0 Å². The van der Waals surface area contributed by atoms with Crippen LogP contribution in [0.1, 0.15) is 52.4 Å². The first-order valence-corrected chi connectivity index (χ1v) is 4.82. The number of hydrogen-bond donors (Lipinski definition) is 0. The van der Waals surface area contributed by atoms with Crippen LogP contribution in [0.4, 0.5) is 0 Å². The summed E-state index contributed by atoms with van der Waals surface area (Å²) in [6, 6.07) is 0. The van der Waals surface area contributed by atoms with Crippen LogP contribution < -0.4 is 0 Å². The molecular weight excluding hydrogens is 132 g/mol. The van der Waals surface area contributed by atoms with Crippen molar-refractivity contribution in [2.24, 2.45) is 0 Å². The summed E-state index contributed by atoms with van der Waals surface area (Å²) < 4.78 is 0. The number of allylic oxidation sites excluding steroid dienone is 2. The quantitative estimate of drug-likeness (QED) is 0.503. The molecule has 0 bridgehead atoms. The minimum Gasteiger partial charge on any atom is -0.0856 e. The van der Waals surface area contributed by atoms with E-state index in [9.17, 15) is 0 Å². The molecule has 0 spiro atoms. The molecule has 0 unspecified atom stereocenters. The van der Waals surface area contributed by atoms with Crippen LogP contribution in [0.5, 0.6) is 0 Å². The Bertz CT molecular complexity index is 101. The zero-order valence-corrected chi connectivity index (χ0v) is 8.03. The van der Waals surface area contributed by atoms with Crippen LogP contribution in [0, 0.1) is 6.92 Å². The van der Waals surface area contributed by atoms with Gasteiger partial charge in [-0.3, -0.25) is 0 Å². The molecule has 0 rings (SSSR count). The van der Waals surface area contributed by atoms with Crippen molar-refractivity contribution in [3.05, 3.63) is 18.6 Å². The zero-order valence-electron chi connectivity index (χ0n) is 8.03. The van der Waals surface area contributed by atoms with Gasteiger partial charge in [-0.1, -0.05) is 44.8 Å². The van der Waals surface area contributed by atoms with Crippen molar-refractivity contribution in [2.75, 3.05) is 0 Å². The average Bonchev–Trinajstić information content (AvgIpc) is 1.99. The molecule has 0 aliphatic carbocycles. The predicted octanol–water partition coefficient (Wildman–Crippen LogP) is 4.13. The van der Waals surface area contributed by atoms with Crippen molar-refractivity contribution in [2.45, 2.75) is 52.4 Å². The lowest BCUT2D eigenvalue weighted by Crippen LogP contribution is -1.79. The highest BCUT2D eigenvalue weighted by Crippen LogP contribution is 2.09. The standard InChI is InChI=1S/C11H21/c1-4-6-7-8-10-11(3)9-5-2/h9H,3-8,10H2,1-2H3. The Labute approximate surface area is 71.7 Å². The predicted molar refractivity (Wildman–Crippen MR) is 52.5 cm³/mol. The number of unbranched alkanes of at least 4 members (excludes halogenated alkanes) is 3. The topological polar surface area (TPSA) is 0 Å². The number of rotatable bonds is 6. The van der Waals surface area contributed by atoms with Crippen LogP contribution >= 0.6 is 0 Å². The summed E-state index contributed by atoms with van der Waals surface area (Å²) >= 11 is 0. The van der Waals surface area contributed by atoms with Gasteiger partial charge >= 0.3 is 0 Å². The van der Waals surface area contributed by atoms with E-state index >= 15 is 0 Å². The van der Waals surface area contributed by atoms with E-state index in [2.05, 4.69) is 26.8 Å². The summed E-state index contributed by atoms with van der Waals surface area (Å²) in [6.45, 7) is 8.39. The lowest BCUT2D eigenvalue weighted by molar-refractivity contribution is 0.667. The van der Waals surface area contributed by atoms with Gasteiger partial charge in [-0.05, 0) is 26.2 Å². The van der Waals surface area contributed by atoms with Gasteiger partial charge in [0.05, 0.1) is 0 Å². The fraction of sp³-hybridized carbons (Fsp3) is 0.727. The van der Waals surface area contributed by atoms with Gasteiger partial charge in [-0.2, -0.15) is 0 Å². The molecule has 0 atom stereocenters. The maximum Gasteiger partial charge on any atom is -0.0283 e. The smallest absolute Gasteiger partial charge is 0.0283 e. The van der Waals surface area contributed by atoms with E-state index in [1.54, 1.807) is 0 Å². The fourth-order valence-electron chi connectivity index (χ4n) is 1.17. The molecule has 0 aliphatic heterocycles. The molecule has 65 valence electrons. The Hall–Kier alpha value is -0.260. The molecule has 0 heteroatoms. The Balaban J connectivity index is 3.17. The fourth-order valence-corrected chi connectivity index (χ4v) is 1.17. The normalized spacial score (nSPS) is 12.1. The van der Waals surface area contributed by atoms with E-state index in [1.807, 2.05) is 0 Å². The molecule has 0 aromatic carbocycles. The first kappa shape index (κ1) is 10.7. The summed E-state index contributed by atoms with van der Waals surface area (Å²) in [7, 11) is 0. The van der Waals surface area contributed by atoms with Gasteiger partial charge in [-0.25, -0.2) is 0 Å². The molecule has 0 N–H and O–H groups in total. The summed E-state index contributed by atoms with van der Waals surface area (Å²) in [6.07, 6.45) is 9.95. The monoisotopic (exact) mass is 153 g/mol. The second kappa shape index (κ2) is 7.84. The van der Waals surface area contributed by atoms with Gasteiger partial charge in [0.15, 0.2) is 0 Å². The van der Waals surface area contributed by atoms with E-state index in [0.29, 0.717) is 0 Å². The average molecular weight is 153 g/mol. The molecular formula is C11H21. The van der Waals surface area contributed by atoms with Crippen molar-refractivity contribution in [3.8, 4) is 0 Å². The highest BCUT2D eigenvalue weighted by Gasteiger charge is 1.89. The minimum atomic E-state index is 1.13. The molecule has 11 heavy (non-hydrogen) atoms. The first-order valence-electron chi connectivity index (χ1n) is 4.82. The Morgan fingerprint density at radius 1 is 1.18 bits per heavy atom. The van der Waals surface area contributed by atoms with E-state index in [-0.39, 0.29) is 0 Å². The van der Waals surface area contributed by atoms with Gasteiger partial charge in [0.1, 0.15) is 0 Å². The van der Waals surface area contributed by atoms with Crippen molar-refractivity contribution in [1.82, 2.24) is 0 Å². The maximum absolute atomic E-state index is 3.99. The largest absolute Gasteiger partial charge is 0.0856 e. The lowest BCUT2D eigenvalue weighted by Gasteiger charge is -1.99. The summed E-state index contributed by atoms with van der Waals surface area (Å²) in [5.41, 5.74) is 1.32. The SMILES string of the molecule is [CH2]C(=CCC)CCCCCC. The van der Waals surface area contributed by atoms with E-state index in [4.69, 9.17) is 0 Å². The molecule has 0 aromatic heterocycles. The molecule has 0 saturated heterocycles. The van der Waals surface area contributed by atoms with Crippen molar-refractivity contribution in [3.63, 3.8) is 0 Å². The summed E-state index contributed by atoms with van der Waals surface area (Å²) in [4.78, 5) is 0. The van der Waals surface area contributed by atoms with Crippen molar-refractivity contribution >= 4 is 0 Å². The van der Waals surface area contributed by atoms with Crippen molar-refractivity contribution in [1.29, 1.82) is 0 Å². The molecule has 0 aromatic rings. The Morgan fingerprint density at radius 2 is 1.91 bits per heavy atom. The third-order valence-electron chi connectivity index (χ3n) is 1.84. The third kappa shape index (κ3) is 7.64. The third-order valence-corrected chi connectivity index (χ3v) is 1.84. The van der Waals surface area contributed by atoms with Crippen LogP contribution in [0.15, 0.2) is 11.6 Å². The molecule has 1 radical (unpaired) electrons. The maximum atomic E-state index is 3.99. The Kier molecular flexibility index (Phi) is 7.66. The van der Waals surface area contributed by atoms with E-state index in [1.165, 1.54) is 37.7 Å². The summed E-state index contributed by atoms with van der Waals surface area (Å²) in [5.74, 6) is 0. The molecule has 0 nitrogen and oxygen atoms in total. The van der Waals surface area contributed by atoms with E-state index < -0.39 is 0 Å². The van der Waals surface area contributed by atoms with Gasteiger partial charge in [0.2, 0.25) is 0 Å². The molecule has 0 fully saturated rings. The molecule has 0 saturated carbocycles. The highest BCUT2D eigenvalue weighted by molar-refractivity contribution is 5.04.